The molecule has 9 nitrogen and oxygen atoms in total. The Balaban J connectivity index is 1.86. The predicted octanol–water partition coefficient (Wildman–Crippen LogP) is 0.716. The van der Waals surface area contributed by atoms with Gasteiger partial charge in [-0.3, -0.25) is 9.79 Å². The molecule has 0 aromatic carbocycles. The van der Waals surface area contributed by atoms with E-state index in [0.717, 1.165) is 38.6 Å². The van der Waals surface area contributed by atoms with Crippen LogP contribution in [-0.4, -0.2) is 83.0 Å². The fourth-order valence-electron chi connectivity index (χ4n) is 3.58. The van der Waals surface area contributed by atoms with Gasteiger partial charge in [0.25, 0.3) is 0 Å². The van der Waals surface area contributed by atoms with Crippen molar-refractivity contribution in [2.75, 3.05) is 51.7 Å². The molecule has 0 bridgehead atoms. The van der Waals surface area contributed by atoms with Crippen LogP contribution >= 0.6 is 0 Å². The van der Waals surface area contributed by atoms with Crippen LogP contribution in [0, 0.1) is 5.92 Å². The first-order chi connectivity index (χ1) is 13.9. The van der Waals surface area contributed by atoms with Gasteiger partial charge in [0.1, 0.15) is 0 Å². The minimum Gasteiger partial charge on any atom is -0.466 e. The Labute approximate surface area is 174 Å². The summed E-state index contributed by atoms with van der Waals surface area (Å²) in [6, 6.07) is 0. The molecule has 2 aliphatic heterocycles. The first-order valence-corrected chi connectivity index (χ1v) is 12.4. The van der Waals surface area contributed by atoms with Crippen LogP contribution in [0.4, 0.5) is 0 Å². The third kappa shape index (κ3) is 8.47. The van der Waals surface area contributed by atoms with E-state index in [-0.39, 0.29) is 30.3 Å². The lowest BCUT2D eigenvalue weighted by molar-refractivity contribution is -0.149. The van der Waals surface area contributed by atoms with Crippen molar-refractivity contribution in [2.24, 2.45) is 10.9 Å². The molecule has 0 spiro atoms. The molecular formula is C19H36N4O5S. The normalized spacial score (nSPS) is 23.7. The summed E-state index contributed by atoms with van der Waals surface area (Å²) >= 11 is 0. The fourth-order valence-corrected chi connectivity index (χ4v) is 4.50. The number of ether oxygens (including phenoxy) is 2. The second-order valence-corrected chi connectivity index (χ2v) is 9.36. The van der Waals surface area contributed by atoms with Crippen molar-refractivity contribution in [3.05, 3.63) is 0 Å². The standard InChI is InChI=1S/C19H36N4O5S/c1-3-20-19(23-11-7-8-16(15-23)18(24)27-4-2)21-10-13-29(25,26)22-14-17-9-5-6-12-28-17/h16-17,22H,3-15H2,1-2H3,(H,20,21). The van der Waals surface area contributed by atoms with Crippen molar-refractivity contribution in [2.45, 2.75) is 52.1 Å². The number of likely N-dealkylation sites (tertiary alicyclic amines) is 1. The average molecular weight is 433 g/mol. The molecule has 2 rings (SSSR count). The summed E-state index contributed by atoms with van der Waals surface area (Å²) in [6.07, 6.45) is 4.64. The molecule has 2 fully saturated rings. The third-order valence-corrected chi connectivity index (χ3v) is 6.43. The van der Waals surface area contributed by atoms with E-state index in [0.29, 0.717) is 38.8 Å². The molecule has 0 aliphatic carbocycles. The second-order valence-electron chi connectivity index (χ2n) is 7.43. The molecular weight excluding hydrogens is 396 g/mol. The molecule has 2 atom stereocenters. The number of nitrogens with one attached hydrogen (secondary N) is 2. The third-order valence-electron chi connectivity index (χ3n) is 5.10. The molecule has 2 aliphatic rings. The number of rotatable bonds is 9. The second kappa shape index (κ2) is 12.3. The van der Waals surface area contributed by atoms with Gasteiger partial charge in [-0.2, -0.15) is 0 Å². The monoisotopic (exact) mass is 432 g/mol. The van der Waals surface area contributed by atoms with E-state index in [2.05, 4.69) is 15.0 Å². The quantitative estimate of drug-likeness (QED) is 0.314. The molecule has 0 aromatic heterocycles. The fraction of sp³-hybridized carbons (Fsp3) is 0.895. The Morgan fingerprint density at radius 1 is 1.24 bits per heavy atom. The highest BCUT2D eigenvalue weighted by molar-refractivity contribution is 7.89. The zero-order valence-corrected chi connectivity index (χ0v) is 18.5. The first-order valence-electron chi connectivity index (χ1n) is 10.7. The Morgan fingerprint density at radius 2 is 2.07 bits per heavy atom. The molecule has 2 N–H and O–H groups in total. The van der Waals surface area contributed by atoms with E-state index in [1.165, 1.54) is 0 Å². The van der Waals surface area contributed by atoms with Crippen LogP contribution in [0.3, 0.4) is 0 Å². The number of nitrogens with zero attached hydrogens (tertiary/aromatic N) is 2. The molecule has 2 unspecified atom stereocenters. The molecule has 2 heterocycles. The summed E-state index contributed by atoms with van der Waals surface area (Å²) in [4.78, 5) is 18.6. The lowest BCUT2D eigenvalue weighted by Crippen LogP contribution is -2.48. The summed E-state index contributed by atoms with van der Waals surface area (Å²) < 4.78 is 37.9. The minimum absolute atomic E-state index is 0.0347. The summed E-state index contributed by atoms with van der Waals surface area (Å²) in [5.41, 5.74) is 0. The predicted molar refractivity (Wildman–Crippen MR) is 112 cm³/mol. The SMILES string of the molecule is CCNC(=NCCS(=O)(=O)NCC1CCCCO1)N1CCCC(C(=O)OCC)C1. The smallest absolute Gasteiger partial charge is 0.310 e. The van der Waals surface area contributed by atoms with Crippen molar-refractivity contribution in [3.63, 3.8) is 0 Å². The summed E-state index contributed by atoms with van der Waals surface area (Å²) in [5, 5.41) is 3.20. The van der Waals surface area contributed by atoms with Crippen molar-refractivity contribution < 1.29 is 22.7 Å². The number of guanidine groups is 1. The van der Waals surface area contributed by atoms with Gasteiger partial charge in [-0.1, -0.05) is 0 Å². The molecule has 0 aromatic rings. The van der Waals surface area contributed by atoms with E-state index in [1.807, 2.05) is 11.8 Å². The van der Waals surface area contributed by atoms with Crippen LogP contribution in [0.15, 0.2) is 4.99 Å². The van der Waals surface area contributed by atoms with Crippen LogP contribution in [0.5, 0.6) is 0 Å². The van der Waals surface area contributed by atoms with E-state index < -0.39 is 10.0 Å². The van der Waals surface area contributed by atoms with E-state index in [1.54, 1.807) is 6.92 Å². The maximum atomic E-state index is 12.3. The zero-order valence-electron chi connectivity index (χ0n) is 17.7. The maximum absolute atomic E-state index is 12.3. The van der Waals surface area contributed by atoms with Gasteiger partial charge in [-0.05, 0) is 46.0 Å². The number of sulfonamides is 1. The Bertz CT molecular complexity index is 635. The van der Waals surface area contributed by atoms with Crippen LogP contribution in [0.25, 0.3) is 0 Å². The summed E-state index contributed by atoms with van der Waals surface area (Å²) in [7, 11) is -3.41. The van der Waals surface area contributed by atoms with Crippen molar-refractivity contribution >= 4 is 22.0 Å². The van der Waals surface area contributed by atoms with E-state index in [4.69, 9.17) is 9.47 Å². The van der Waals surface area contributed by atoms with Crippen LogP contribution in [0.2, 0.25) is 0 Å². The summed E-state index contributed by atoms with van der Waals surface area (Å²) in [5.74, 6) is 0.217. The average Bonchev–Trinajstić information content (AvgIpc) is 2.73. The van der Waals surface area contributed by atoms with Gasteiger partial charge < -0.3 is 19.7 Å². The van der Waals surface area contributed by atoms with E-state index in [9.17, 15) is 13.2 Å². The number of piperidine rings is 1. The lowest BCUT2D eigenvalue weighted by Gasteiger charge is -2.34. The number of aliphatic imine (C=N–C) groups is 1. The maximum Gasteiger partial charge on any atom is 0.310 e. The molecule has 0 saturated carbocycles. The van der Waals surface area contributed by atoms with Gasteiger partial charge in [-0.25, -0.2) is 13.1 Å². The Kier molecular flexibility index (Phi) is 10.2. The van der Waals surface area contributed by atoms with Gasteiger partial charge in [0.2, 0.25) is 10.0 Å². The molecule has 10 heteroatoms. The van der Waals surface area contributed by atoms with E-state index >= 15 is 0 Å². The van der Waals surface area contributed by atoms with Crippen LogP contribution < -0.4 is 10.0 Å². The number of esters is 1. The first kappa shape index (κ1) is 23.9. The number of hydrogen-bond donors (Lipinski definition) is 2. The zero-order chi connectivity index (χ0) is 21.1. The van der Waals surface area contributed by atoms with Gasteiger partial charge in [-0.15, -0.1) is 0 Å². The van der Waals surface area contributed by atoms with Crippen molar-refractivity contribution in [1.29, 1.82) is 0 Å². The molecule has 29 heavy (non-hydrogen) atoms. The highest BCUT2D eigenvalue weighted by Gasteiger charge is 2.28. The molecule has 0 amide bonds. The minimum atomic E-state index is -3.41. The van der Waals surface area contributed by atoms with Crippen LogP contribution in [-0.2, 0) is 24.3 Å². The van der Waals surface area contributed by atoms with Crippen molar-refractivity contribution in [3.8, 4) is 0 Å². The van der Waals surface area contributed by atoms with Crippen molar-refractivity contribution in [1.82, 2.24) is 14.9 Å². The van der Waals surface area contributed by atoms with Gasteiger partial charge >= 0.3 is 5.97 Å². The lowest BCUT2D eigenvalue weighted by atomic mass is 9.98. The Hall–Kier alpha value is -1.39. The summed E-state index contributed by atoms with van der Waals surface area (Å²) in [6.45, 7) is 7.31. The van der Waals surface area contributed by atoms with Gasteiger partial charge in [0, 0.05) is 32.8 Å². The highest BCUT2D eigenvalue weighted by Crippen LogP contribution is 2.18. The number of hydrogen-bond acceptors (Lipinski definition) is 6. The topological polar surface area (TPSA) is 109 Å². The largest absolute Gasteiger partial charge is 0.466 e. The number of carbonyl (C=O) groups is 1. The van der Waals surface area contributed by atoms with Gasteiger partial charge in [0.15, 0.2) is 5.96 Å². The molecule has 2 saturated heterocycles. The molecule has 168 valence electrons. The highest BCUT2D eigenvalue weighted by atomic mass is 32.2. The van der Waals surface area contributed by atoms with Gasteiger partial charge in [0.05, 0.1) is 30.9 Å². The Morgan fingerprint density at radius 3 is 2.76 bits per heavy atom. The van der Waals surface area contributed by atoms with Crippen LogP contribution in [0.1, 0.15) is 46.0 Å². The molecule has 0 radical (unpaired) electrons. The number of carbonyl (C=O) groups excluding carboxylic acids is 1.